The Bertz CT molecular complexity index is 711. The molecule has 0 saturated carbocycles. The second-order valence-corrected chi connectivity index (χ2v) is 7.20. The number of amides is 1. The van der Waals surface area contributed by atoms with Crippen molar-refractivity contribution in [1.29, 1.82) is 0 Å². The van der Waals surface area contributed by atoms with E-state index in [4.69, 9.17) is 4.74 Å². The summed E-state index contributed by atoms with van der Waals surface area (Å²) < 4.78 is 5.76. The molecule has 2 N–H and O–H groups in total. The van der Waals surface area contributed by atoms with Crippen LogP contribution in [0.3, 0.4) is 0 Å². The fraction of sp³-hybridized carbons (Fsp3) is 0.444. The molecule has 2 heterocycles. The Labute approximate surface area is 170 Å². The highest BCUT2D eigenvalue weighted by molar-refractivity contribution is 7.09. The van der Waals surface area contributed by atoms with Crippen molar-refractivity contribution >= 4 is 42.1 Å². The molecular formula is C18H25Cl2N3O2S. The van der Waals surface area contributed by atoms with Crippen LogP contribution in [0.5, 0.6) is 5.75 Å². The summed E-state index contributed by atoms with van der Waals surface area (Å²) in [6, 6.07) is 7.79. The molecule has 1 aliphatic heterocycles. The molecule has 144 valence electrons. The fourth-order valence-corrected chi connectivity index (χ4v) is 3.45. The highest BCUT2D eigenvalue weighted by Gasteiger charge is 2.22. The first-order chi connectivity index (χ1) is 11.6. The van der Waals surface area contributed by atoms with Crippen LogP contribution in [0, 0.1) is 6.92 Å². The summed E-state index contributed by atoms with van der Waals surface area (Å²) >= 11 is 1.61. The Balaban J connectivity index is 0.00000169. The largest absolute Gasteiger partial charge is 0.487 e. The predicted octanol–water partition coefficient (Wildman–Crippen LogP) is 3.74. The fourth-order valence-electron chi connectivity index (χ4n) is 2.85. The number of aryl methyl sites for hydroxylation is 1. The molecule has 2 unspecified atom stereocenters. The molecule has 2 aromatic rings. The van der Waals surface area contributed by atoms with E-state index in [2.05, 4.69) is 22.5 Å². The van der Waals surface area contributed by atoms with E-state index < -0.39 is 0 Å². The lowest BCUT2D eigenvalue weighted by Gasteiger charge is -2.30. The summed E-state index contributed by atoms with van der Waals surface area (Å²) in [5.74, 6) is 0.633. The van der Waals surface area contributed by atoms with Crippen molar-refractivity contribution in [3.63, 3.8) is 0 Å². The number of hydrogen-bond acceptors (Lipinski definition) is 5. The van der Waals surface area contributed by atoms with Crippen molar-refractivity contribution in [2.24, 2.45) is 0 Å². The summed E-state index contributed by atoms with van der Waals surface area (Å²) in [4.78, 5) is 16.9. The van der Waals surface area contributed by atoms with Gasteiger partial charge in [-0.1, -0.05) is 6.07 Å². The molecule has 1 saturated heterocycles. The van der Waals surface area contributed by atoms with E-state index in [1.54, 1.807) is 17.4 Å². The second-order valence-electron chi connectivity index (χ2n) is 6.14. The van der Waals surface area contributed by atoms with Gasteiger partial charge in [-0.15, -0.1) is 36.2 Å². The zero-order chi connectivity index (χ0) is 16.9. The summed E-state index contributed by atoms with van der Waals surface area (Å²) in [6.07, 6.45) is 2.10. The van der Waals surface area contributed by atoms with Crippen molar-refractivity contribution < 1.29 is 9.53 Å². The monoisotopic (exact) mass is 417 g/mol. The Morgan fingerprint density at radius 1 is 1.42 bits per heavy atom. The maximum atomic E-state index is 12.5. The Morgan fingerprint density at radius 2 is 2.23 bits per heavy atom. The van der Waals surface area contributed by atoms with Gasteiger partial charge in [-0.3, -0.25) is 4.79 Å². The molecule has 26 heavy (non-hydrogen) atoms. The average molecular weight is 418 g/mol. The van der Waals surface area contributed by atoms with Gasteiger partial charge in [-0.25, -0.2) is 4.98 Å². The number of benzene rings is 1. The number of carbonyl (C=O) groups is 1. The van der Waals surface area contributed by atoms with Gasteiger partial charge in [0.2, 0.25) is 0 Å². The van der Waals surface area contributed by atoms with E-state index in [1.807, 2.05) is 30.5 Å². The first-order valence-electron chi connectivity index (χ1n) is 8.30. The van der Waals surface area contributed by atoms with Crippen molar-refractivity contribution in [1.82, 2.24) is 15.6 Å². The number of nitrogens with one attached hydrogen (secondary N) is 2. The third-order valence-corrected chi connectivity index (χ3v) is 5.05. The molecule has 1 fully saturated rings. The Hall–Kier alpha value is -1.34. The number of aromatic nitrogens is 1. The van der Waals surface area contributed by atoms with Gasteiger partial charge in [-0.05, 0) is 51.4 Å². The molecule has 5 nitrogen and oxygen atoms in total. The number of piperidine rings is 1. The molecule has 2 atom stereocenters. The van der Waals surface area contributed by atoms with Crippen molar-refractivity contribution in [3.05, 3.63) is 45.9 Å². The normalized spacial score (nSPS) is 19.0. The van der Waals surface area contributed by atoms with Gasteiger partial charge in [-0.2, -0.15) is 0 Å². The van der Waals surface area contributed by atoms with Crippen LogP contribution >= 0.6 is 36.2 Å². The van der Waals surface area contributed by atoms with E-state index in [9.17, 15) is 4.79 Å². The number of ether oxygens (including phenoxy) is 1. The molecule has 0 spiro atoms. The third-order valence-electron chi connectivity index (χ3n) is 4.23. The summed E-state index contributed by atoms with van der Waals surface area (Å²) in [5.41, 5.74) is 1.54. The zero-order valence-electron chi connectivity index (χ0n) is 14.9. The van der Waals surface area contributed by atoms with Crippen LogP contribution in [0.15, 0.2) is 29.6 Å². The van der Waals surface area contributed by atoms with Crippen molar-refractivity contribution in [2.45, 2.75) is 45.4 Å². The molecule has 1 aliphatic rings. The first-order valence-corrected chi connectivity index (χ1v) is 9.18. The van der Waals surface area contributed by atoms with E-state index in [1.165, 1.54) is 0 Å². The Kier molecular flexibility index (Phi) is 9.36. The summed E-state index contributed by atoms with van der Waals surface area (Å²) in [6.45, 7) is 5.52. The van der Waals surface area contributed by atoms with Gasteiger partial charge in [0.05, 0.1) is 10.7 Å². The van der Waals surface area contributed by atoms with Gasteiger partial charge in [0.25, 0.3) is 5.91 Å². The topological polar surface area (TPSA) is 63.2 Å². The second kappa shape index (κ2) is 10.7. The number of halogens is 2. The third kappa shape index (κ3) is 6.13. The molecule has 1 aromatic heterocycles. The maximum absolute atomic E-state index is 12.5. The van der Waals surface area contributed by atoms with Gasteiger partial charge < -0.3 is 15.4 Å². The predicted molar refractivity (Wildman–Crippen MR) is 110 cm³/mol. The molecule has 3 rings (SSSR count). The minimum absolute atomic E-state index is 0. The molecule has 8 heteroatoms. The minimum Gasteiger partial charge on any atom is -0.487 e. The smallest absolute Gasteiger partial charge is 0.251 e. The molecular weight excluding hydrogens is 393 g/mol. The lowest BCUT2D eigenvalue weighted by molar-refractivity contribution is 0.0919. The molecule has 0 aliphatic carbocycles. The van der Waals surface area contributed by atoms with Gasteiger partial charge in [0, 0.05) is 23.0 Å². The quantitative estimate of drug-likeness (QED) is 0.777. The summed E-state index contributed by atoms with van der Waals surface area (Å²) in [7, 11) is 0. The van der Waals surface area contributed by atoms with Gasteiger partial charge in [0.15, 0.2) is 0 Å². The van der Waals surface area contributed by atoms with Crippen LogP contribution in [-0.2, 0) is 6.61 Å². The van der Waals surface area contributed by atoms with E-state index in [0.29, 0.717) is 24.0 Å². The number of hydrogen-bond donors (Lipinski definition) is 2. The van der Waals surface area contributed by atoms with E-state index >= 15 is 0 Å². The SMILES string of the molecule is Cc1nc(COc2cccc(C(=O)NC3CCCNC3C)c2)cs1.Cl.Cl. The number of thiazole rings is 1. The van der Waals surface area contributed by atoms with Gasteiger partial charge >= 0.3 is 0 Å². The minimum atomic E-state index is -0.0505. The van der Waals surface area contributed by atoms with E-state index in [-0.39, 0.29) is 36.8 Å². The number of rotatable bonds is 5. The first kappa shape index (κ1) is 22.7. The average Bonchev–Trinajstić information content (AvgIpc) is 3.01. The molecule has 0 bridgehead atoms. The number of carbonyl (C=O) groups excluding carboxylic acids is 1. The Morgan fingerprint density at radius 3 is 2.92 bits per heavy atom. The summed E-state index contributed by atoms with van der Waals surface area (Å²) in [5, 5.41) is 9.53. The number of nitrogens with zero attached hydrogens (tertiary/aromatic N) is 1. The molecule has 1 aromatic carbocycles. The van der Waals surface area contributed by atoms with Gasteiger partial charge in [0.1, 0.15) is 12.4 Å². The van der Waals surface area contributed by atoms with Crippen LogP contribution in [0.1, 0.15) is 40.8 Å². The lowest BCUT2D eigenvalue weighted by Crippen LogP contribution is -2.51. The van der Waals surface area contributed by atoms with Crippen LogP contribution in [0.25, 0.3) is 0 Å². The maximum Gasteiger partial charge on any atom is 0.251 e. The highest BCUT2D eigenvalue weighted by atomic mass is 35.5. The van der Waals surface area contributed by atoms with E-state index in [0.717, 1.165) is 30.1 Å². The van der Waals surface area contributed by atoms with Crippen LogP contribution in [0.2, 0.25) is 0 Å². The molecule has 0 radical (unpaired) electrons. The van der Waals surface area contributed by atoms with Crippen LogP contribution < -0.4 is 15.4 Å². The molecule has 1 amide bonds. The lowest BCUT2D eigenvalue weighted by atomic mass is 9.99. The standard InChI is InChI=1S/C18H23N3O2S.2ClH/c1-12-17(7-4-8-19-12)21-18(22)14-5-3-6-16(9-14)23-10-15-11-24-13(2)20-15;;/h3,5-6,9,11-12,17,19H,4,7-8,10H2,1-2H3,(H,21,22);2*1H. The zero-order valence-corrected chi connectivity index (χ0v) is 17.3. The van der Waals surface area contributed by atoms with Crippen LogP contribution in [0.4, 0.5) is 0 Å². The van der Waals surface area contributed by atoms with Crippen molar-refractivity contribution in [3.8, 4) is 5.75 Å². The highest BCUT2D eigenvalue weighted by Crippen LogP contribution is 2.17. The van der Waals surface area contributed by atoms with Crippen LogP contribution in [-0.4, -0.2) is 29.5 Å². The van der Waals surface area contributed by atoms with Crippen molar-refractivity contribution in [2.75, 3.05) is 6.54 Å².